The van der Waals surface area contributed by atoms with Crippen molar-refractivity contribution < 1.29 is 13.9 Å². The maximum absolute atomic E-state index is 13.5. The number of benzene rings is 1. The van der Waals surface area contributed by atoms with Gasteiger partial charge in [0, 0.05) is 17.8 Å². The Labute approximate surface area is 112 Å². The summed E-state index contributed by atoms with van der Waals surface area (Å²) < 4.78 is 18.9. The van der Waals surface area contributed by atoms with Gasteiger partial charge in [0.05, 0.1) is 0 Å². The maximum Gasteiger partial charge on any atom is 0.260 e. The van der Waals surface area contributed by atoms with E-state index >= 15 is 0 Å². The second-order valence-electron chi connectivity index (χ2n) is 4.94. The summed E-state index contributed by atoms with van der Waals surface area (Å²) in [7, 11) is 0. The molecule has 0 bridgehead atoms. The number of rotatable bonds is 4. The molecule has 1 atom stereocenters. The molecule has 1 aliphatic rings. The van der Waals surface area contributed by atoms with Gasteiger partial charge in [0.2, 0.25) is 0 Å². The van der Waals surface area contributed by atoms with Crippen molar-refractivity contribution in [2.75, 3.05) is 5.73 Å². The van der Waals surface area contributed by atoms with Gasteiger partial charge in [0.1, 0.15) is 0 Å². The van der Waals surface area contributed by atoms with Gasteiger partial charge in [-0.25, -0.2) is 4.39 Å². The van der Waals surface area contributed by atoms with Crippen molar-refractivity contribution in [2.45, 2.75) is 44.8 Å². The predicted octanol–water partition coefficient (Wildman–Crippen LogP) is 2.23. The molecule has 19 heavy (non-hydrogen) atoms. The highest BCUT2D eigenvalue weighted by molar-refractivity contribution is 5.81. The van der Waals surface area contributed by atoms with Crippen LogP contribution in [-0.2, 0) is 4.79 Å². The summed E-state index contributed by atoms with van der Waals surface area (Å²) in [5, 5.41) is 2.92. The molecule has 2 rings (SSSR count). The Morgan fingerprint density at radius 2 is 2.16 bits per heavy atom. The quantitative estimate of drug-likeness (QED) is 0.821. The normalized spacial score (nSPS) is 17.2. The lowest BCUT2D eigenvalue weighted by molar-refractivity contribution is -0.128. The summed E-state index contributed by atoms with van der Waals surface area (Å²) in [6, 6.07) is 4.39. The molecule has 5 heteroatoms. The molecule has 1 amide bonds. The highest BCUT2D eigenvalue weighted by atomic mass is 19.1. The van der Waals surface area contributed by atoms with Crippen molar-refractivity contribution in [1.82, 2.24) is 5.32 Å². The number of nitrogen functional groups attached to an aromatic ring is 1. The number of halogens is 1. The Balaban J connectivity index is 1.92. The average Bonchev–Trinajstić information content (AvgIpc) is 2.85. The molecule has 0 radical (unpaired) electrons. The van der Waals surface area contributed by atoms with Crippen molar-refractivity contribution in [3.05, 3.63) is 24.0 Å². The molecular formula is C14H19FN2O2. The molecule has 4 nitrogen and oxygen atoms in total. The van der Waals surface area contributed by atoms with Gasteiger partial charge < -0.3 is 15.8 Å². The molecule has 1 fully saturated rings. The molecule has 0 aromatic heterocycles. The number of hydrogen-bond donors (Lipinski definition) is 2. The molecular weight excluding hydrogens is 247 g/mol. The molecule has 0 aliphatic heterocycles. The summed E-state index contributed by atoms with van der Waals surface area (Å²) in [6.45, 7) is 1.61. The van der Waals surface area contributed by atoms with E-state index in [0.717, 1.165) is 25.7 Å². The van der Waals surface area contributed by atoms with Gasteiger partial charge in [-0.1, -0.05) is 12.8 Å². The second kappa shape index (κ2) is 5.91. The summed E-state index contributed by atoms with van der Waals surface area (Å²) in [5.41, 5.74) is 5.78. The van der Waals surface area contributed by atoms with Crippen LogP contribution >= 0.6 is 0 Å². The lowest BCUT2D eigenvalue weighted by Gasteiger charge is -2.18. The first-order valence-corrected chi connectivity index (χ1v) is 6.58. The van der Waals surface area contributed by atoms with Crippen LogP contribution in [-0.4, -0.2) is 18.1 Å². The largest absolute Gasteiger partial charge is 0.478 e. The minimum atomic E-state index is -0.723. The Morgan fingerprint density at radius 1 is 1.47 bits per heavy atom. The number of amides is 1. The van der Waals surface area contributed by atoms with Gasteiger partial charge in [-0.15, -0.1) is 0 Å². The highest BCUT2D eigenvalue weighted by Gasteiger charge is 2.22. The topological polar surface area (TPSA) is 64.3 Å². The minimum Gasteiger partial charge on any atom is -0.478 e. The molecule has 3 N–H and O–H groups in total. The number of anilines is 1. The van der Waals surface area contributed by atoms with Crippen LogP contribution in [0.25, 0.3) is 0 Å². The van der Waals surface area contributed by atoms with E-state index in [9.17, 15) is 9.18 Å². The van der Waals surface area contributed by atoms with Crippen molar-refractivity contribution in [3.8, 4) is 5.75 Å². The number of hydrogen-bond acceptors (Lipinski definition) is 3. The van der Waals surface area contributed by atoms with E-state index in [1.807, 2.05) is 0 Å². The summed E-state index contributed by atoms with van der Waals surface area (Å²) >= 11 is 0. The van der Waals surface area contributed by atoms with Gasteiger partial charge in [0.25, 0.3) is 5.91 Å². The predicted molar refractivity (Wildman–Crippen MR) is 71.3 cm³/mol. The molecule has 104 valence electrons. The first-order valence-electron chi connectivity index (χ1n) is 6.58. The fraction of sp³-hybridized carbons (Fsp3) is 0.500. The number of ether oxygens (including phenoxy) is 1. The first-order chi connectivity index (χ1) is 9.06. The Hall–Kier alpha value is -1.78. The monoisotopic (exact) mass is 266 g/mol. The fourth-order valence-electron chi connectivity index (χ4n) is 2.25. The van der Waals surface area contributed by atoms with Gasteiger partial charge in [-0.2, -0.15) is 0 Å². The zero-order valence-electron chi connectivity index (χ0n) is 11.0. The van der Waals surface area contributed by atoms with Gasteiger partial charge in [-0.05, 0) is 31.9 Å². The van der Waals surface area contributed by atoms with Crippen LogP contribution in [0.2, 0.25) is 0 Å². The number of nitrogens with two attached hydrogens (primary N) is 1. The van der Waals surface area contributed by atoms with Crippen LogP contribution in [0.15, 0.2) is 18.2 Å². The number of carbonyl (C=O) groups excluding carboxylic acids is 1. The third kappa shape index (κ3) is 3.59. The van der Waals surface area contributed by atoms with Crippen LogP contribution in [0.5, 0.6) is 5.75 Å². The van der Waals surface area contributed by atoms with Crippen LogP contribution in [0.4, 0.5) is 10.1 Å². The lowest BCUT2D eigenvalue weighted by Crippen LogP contribution is -2.41. The zero-order valence-corrected chi connectivity index (χ0v) is 11.0. The SMILES string of the molecule is CC(Oc1ccc(N)cc1F)C(=O)NC1CCCC1. The Bertz CT molecular complexity index is 459. The van der Waals surface area contributed by atoms with Crippen LogP contribution in [0, 0.1) is 5.82 Å². The molecule has 1 unspecified atom stereocenters. The Morgan fingerprint density at radius 3 is 2.79 bits per heavy atom. The van der Waals surface area contributed by atoms with Crippen molar-refractivity contribution in [1.29, 1.82) is 0 Å². The van der Waals surface area contributed by atoms with Crippen LogP contribution in [0.3, 0.4) is 0 Å². The van der Waals surface area contributed by atoms with Crippen molar-refractivity contribution in [3.63, 3.8) is 0 Å². The van der Waals surface area contributed by atoms with Crippen molar-refractivity contribution >= 4 is 11.6 Å². The van der Waals surface area contributed by atoms with Gasteiger partial charge in [-0.3, -0.25) is 4.79 Å². The Kier molecular flexibility index (Phi) is 4.24. The average molecular weight is 266 g/mol. The van der Waals surface area contributed by atoms with E-state index in [1.165, 1.54) is 12.1 Å². The van der Waals surface area contributed by atoms with E-state index in [0.29, 0.717) is 5.69 Å². The molecule has 1 aliphatic carbocycles. The van der Waals surface area contributed by atoms with E-state index in [4.69, 9.17) is 10.5 Å². The standard InChI is InChI=1S/C14H19FN2O2/c1-9(14(18)17-11-4-2-3-5-11)19-13-7-6-10(16)8-12(13)15/h6-9,11H,2-5,16H2,1H3,(H,17,18). The molecule has 0 spiro atoms. The number of carbonyl (C=O) groups is 1. The molecule has 1 saturated carbocycles. The molecule has 1 aromatic rings. The first kappa shape index (κ1) is 13.6. The smallest absolute Gasteiger partial charge is 0.260 e. The highest BCUT2D eigenvalue weighted by Crippen LogP contribution is 2.21. The minimum absolute atomic E-state index is 0.0447. The van der Waals surface area contributed by atoms with Crippen molar-refractivity contribution in [2.24, 2.45) is 0 Å². The zero-order chi connectivity index (χ0) is 13.8. The van der Waals surface area contributed by atoms with E-state index in [1.54, 1.807) is 13.0 Å². The summed E-state index contributed by atoms with van der Waals surface area (Å²) in [6.07, 6.45) is 3.59. The van der Waals surface area contributed by atoms with Gasteiger partial charge >= 0.3 is 0 Å². The number of nitrogens with one attached hydrogen (secondary N) is 1. The van der Waals surface area contributed by atoms with Crippen LogP contribution < -0.4 is 15.8 Å². The second-order valence-corrected chi connectivity index (χ2v) is 4.94. The van der Waals surface area contributed by atoms with E-state index < -0.39 is 11.9 Å². The van der Waals surface area contributed by atoms with Gasteiger partial charge in [0.15, 0.2) is 17.7 Å². The lowest BCUT2D eigenvalue weighted by atomic mass is 10.2. The maximum atomic E-state index is 13.5. The summed E-state index contributed by atoms with van der Waals surface area (Å²) in [5.74, 6) is -0.716. The van der Waals surface area contributed by atoms with Crippen LogP contribution in [0.1, 0.15) is 32.6 Å². The third-order valence-electron chi connectivity index (χ3n) is 3.33. The molecule has 0 saturated heterocycles. The molecule has 1 aromatic carbocycles. The van der Waals surface area contributed by atoms with E-state index in [-0.39, 0.29) is 17.7 Å². The molecule has 0 heterocycles. The third-order valence-corrected chi connectivity index (χ3v) is 3.33. The summed E-state index contributed by atoms with van der Waals surface area (Å²) in [4.78, 5) is 11.9. The van der Waals surface area contributed by atoms with E-state index in [2.05, 4.69) is 5.32 Å². The fourth-order valence-corrected chi connectivity index (χ4v) is 2.25.